The Bertz CT molecular complexity index is 350. The molecule has 1 N–H and O–H groups in total. The lowest BCUT2D eigenvalue weighted by Crippen LogP contribution is -2.25. The van der Waals surface area contributed by atoms with Crippen LogP contribution in [0.5, 0.6) is 0 Å². The third-order valence-corrected chi connectivity index (χ3v) is 3.28. The van der Waals surface area contributed by atoms with Crippen molar-refractivity contribution < 1.29 is 4.74 Å². The molecule has 1 rings (SSSR count). The fraction of sp³-hybridized carbons (Fsp3) is 0.538. The predicted octanol–water partition coefficient (Wildman–Crippen LogP) is 3.98. The molecule has 2 nitrogen and oxygen atoms in total. The Kier molecular flexibility index (Phi) is 4.81. The third kappa shape index (κ3) is 4.14. The lowest BCUT2D eigenvalue weighted by atomic mass is 10.1. The summed E-state index contributed by atoms with van der Waals surface area (Å²) in [6, 6.07) is 6.26. The molecule has 0 spiro atoms. The largest absolute Gasteiger partial charge is 0.385 e. The number of halogens is 1. The van der Waals surface area contributed by atoms with Crippen molar-refractivity contribution in [2.75, 3.05) is 19.0 Å². The number of aryl methyl sites for hydroxylation is 1. The van der Waals surface area contributed by atoms with Gasteiger partial charge in [0.25, 0.3) is 0 Å². The average Bonchev–Trinajstić information content (AvgIpc) is 2.21. The van der Waals surface area contributed by atoms with Gasteiger partial charge in [-0.05, 0) is 51.0 Å². The van der Waals surface area contributed by atoms with E-state index in [0.717, 1.165) is 17.4 Å². The Morgan fingerprint density at radius 3 is 2.62 bits per heavy atom. The lowest BCUT2D eigenvalue weighted by Gasteiger charge is -2.23. The van der Waals surface area contributed by atoms with Crippen LogP contribution in [-0.2, 0) is 4.74 Å². The zero-order valence-corrected chi connectivity index (χ0v) is 12.0. The molecule has 0 heterocycles. The molecule has 1 aromatic carbocycles. The van der Waals surface area contributed by atoms with Gasteiger partial charge in [0, 0.05) is 23.8 Å². The maximum Gasteiger partial charge on any atom is 0.0639 e. The molecule has 1 aromatic rings. The van der Waals surface area contributed by atoms with Crippen LogP contribution in [0.1, 0.15) is 25.8 Å². The third-order valence-electron chi connectivity index (χ3n) is 2.78. The van der Waals surface area contributed by atoms with Gasteiger partial charge in [0.15, 0.2) is 0 Å². The van der Waals surface area contributed by atoms with E-state index in [1.54, 1.807) is 7.11 Å². The molecule has 0 aliphatic carbocycles. The van der Waals surface area contributed by atoms with Crippen molar-refractivity contribution in [1.82, 2.24) is 0 Å². The van der Waals surface area contributed by atoms with Crippen LogP contribution < -0.4 is 5.32 Å². The smallest absolute Gasteiger partial charge is 0.0639 e. The summed E-state index contributed by atoms with van der Waals surface area (Å²) in [5.41, 5.74) is 2.38. The van der Waals surface area contributed by atoms with Gasteiger partial charge in [-0.2, -0.15) is 0 Å². The average molecular weight is 286 g/mol. The minimum atomic E-state index is -0.0593. The van der Waals surface area contributed by atoms with Crippen LogP contribution in [0.2, 0.25) is 0 Å². The van der Waals surface area contributed by atoms with Crippen molar-refractivity contribution in [3.8, 4) is 0 Å². The van der Waals surface area contributed by atoms with Gasteiger partial charge in [0.2, 0.25) is 0 Å². The van der Waals surface area contributed by atoms with E-state index in [9.17, 15) is 0 Å². The summed E-state index contributed by atoms with van der Waals surface area (Å²) >= 11 is 3.46. The fourth-order valence-electron chi connectivity index (χ4n) is 1.43. The molecule has 0 atom stereocenters. The summed E-state index contributed by atoms with van der Waals surface area (Å²) in [6.45, 7) is 7.23. The number of rotatable bonds is 5. The minimum absolute atomic E-state index is 0.0593. The van der Waals surface area contributed by atoms with Crippen molar-refractivity contribution in [3.63, 3.8) is 0 Å². The maximum absolute atomic E-state index is 5.38. The Hall–Kier alpha value is -0.540. The second-order valence-corrected chi connectivity index (χ2v) is 5.52. The summed E-state index contributed by atoms with van der Waals surface area (Å²) in [5.74, 6) is 0. The van der Waals surface area contributed by atoms with Gasteiger partial charge in [-0.1, -0.05) is 15.9 Å². The first-order valence-electron chi connectivity index (χ1n) is 5.50. The monoisotopic (exact) mass is 285 g/mol. The van der Waals surface area contributed by atoms with E-state index in [0.29, 0.717) is 0 Å². The zero-order chi connectivity index (χ0) is 12.2. The molecular formula is C13H20BrNO. The van der Waals surface area contributed by atoms with E-state index < -0.39 is 0 Å². The van der Waals surface area contributed by atoms with Crippen LogP contribution in [0.3, 0.4) is 0 Å². The van der Waals surface area contributed by atoms with Crippen LogP contribution in [0, 0.1) is 6.92 Å². The molecule has 3 heteroatoms. The molecule has 0 aromatic heterocycles. The molecule has 0 aliphatic heterocycles. The van der Waals surface area contributed by atoms with Crippen molar-refractivity contribution >= 4 is 21.6 Å². The van der Waals surface area contributed by atoms with Crippen molar-refractivity contribution in [2.45, 2.75) is 32.8 Å². The number of ether oxygens (including phenoxy) is 1. The van der Waals surface area contributed by atoms with Gasteiger partial charge < -0.3 is 10.1 Å². The molecule has 90 valence electrons. The highest BCUT2D eigenvalue weighted by atomic mass is 79.9. The quantitative estimate of drug-likeness (QED) is 0.883. The topological polar surface area (TPSA) is 21.3 Å². The summed E-state index contributed by atoms with van der Waals surface area (Å²) in [4.78, 5) is 0. The molecule has 0 unspecified atom stereocenters. The van der Waals surface area contributed by atoms with E-state index in [1.807, 2.05) is 0 Å². The van der Waals surface area contributed by atoms with Crippen molar-refractivity contribution in [1.29, 1.82) is 0 Å². The Morgan fingerprint density at radius 1 is 1.38 bits per heavy atom. The first-order chi connectivity index (χ1) is 7.44. The van der Waals surface area contributed by atoms with Gasteiger partial charge in [-0.25, -0.2) is 0 Å². The Balaban J connectivity index is 2.49. The molecule has 0 radical (unpaired) electrons. The number of benzene rings is 1. The molecule has 16 heavy (non-hydrogen) atoms. The van der Waals surface area contributed by atoms with Gasteiger partial charge >= 0.3 is 0 Å². The van der Waals surface area contributed by atoms with E-state index in [1.165, 1.54) is 11.3 Å². The molecule has 0 saturated heterocycles. The first kappa shape index (κ1) is 13.5. The maximum atomic E-state index is 5.38. The second-order valence-electron chi connectivity index (χ2n) is 4.60. The molecule has 0 bridgehead atoms. The van der Waals surface area contributed by atoms with E-state index in [2.05, 4.69) is 60.2 Å². The highest BCUT2D eigenvalue weighted by Gasteiger charge is 2.15. The standard InChI is InChI=1S/C13H20BrNO/c1-10-9-11(14)5-6-12(10)15-8-7-13(2,3)16-4/h5-6,9,15H,7-8H2,1-4H3. The number of hydrogen-bond donors (Lipinski definition) is 1. The SMILES string of the molecule is COC(C)(C)CCNc1ccc(Br)cc1C. The summed E-state index contributed by atoms with van der Waals surface area (Å²) in [7, 11) is 1.75. The van der Waals surface area contributed by atoms with E-state index in [4.69, 9.17) is 4.74 Å². The van der Waals surface area contributed by atoms with Gasteiger partial charge in [-0.3, -0.25) is 0 Å². The Labute approximate surface area is 107 Å². The second kappa shape index (κ2) is 5.69. The van der Waals surface area contributed by atoms with Crippen LogP contribution >= 0.6 is 15.9 Å². The van der Waals surface area contributed by atoms with Crippen LogP contribution in [0.15, 0.2) is 22.7 Å². The molecule has 0 saturated carbocycles. The van der Waals surface area contributed by atoms with E-state index >= 15 is 0 Å². The molecular weight excluding hydrogens is 266 g/mol. The van der Waals surface area contributed by atoms with Gasteiger partial charge in [0.1, 0.15) is 0 Å². The number of hydrogen-bond acceptors (Lipinski definition) is 2. The van der Waals surface area contributed by atoms with Gasteiger partial charge in [-0.15, -0.1) is 0 Å². The van der Waals surface area contributed by atoms with Crippen LogP contribution in [0.4, 0.5) is 5.69 Å². The molecule has 0 aliphatic rings. The number of nitrogens with one attached hydrogen (secondary N) is 1. The van der Waals surface area contributed by atoms with Crippen LogP contribution in [-0.4, -0.2) is 19.3 Å². The summed E-state index contributed by atoms with van der Waals surface area (Å²) < 4.78 is 6.50. The number of anilines is 1. The minimum Gasteiger partial charge on any atom is -0.385 e. The summed E-state index contributed by atoms with van der Waals surface area (Å²) in [6.07, 6.45) is 0.985. The fourth-order valence-corrected chi connectivity index (χ4v) is 1.90. The highest BCUT2D eigenvalue weighted by molar-refractivity contribution is 9.10. The van der Waals surface area contributed by atoms with Gasteiger partial charge in [0.05, 0.1) is 5.60 Å². The Morgan fingerprint density at radius 2 is 2.06 bits per heavy atom. The lowest BCUT2D eigenvalue weighted by molar-refractivity contribution is 0.0185. The van der Waals surface area contributed by atoms with E-state index in [-0.39, 0.29) is 5.60 Å². The zero-order valence-electron chi connectivity index (χ0n) is 10.4. The molecule has 0 fully saturated rings. The van der Waals surface area contributed by atoms with Crippen LogP contribution in [0.25, 0.3) is 0 Å². The summed E-state index contributed by atoms with van der Waals surface area (Å²) in [5, 5.41) is 3.43. The first-order valence-corrected chi connectivity index (χ1v) is 6.29. The molecule has 0 amide bonds. The predicted molar refractivity (Wildman–Crippen MR) is 73.1 cm³/mol. The van der Waals surface area contributed by atoms with Crippen molar-refractivity contribution in [2.24, 2.45) is 0 Å². The highest BCUT2D eigenvalue weighted by Crippen LogP contribution is 2.20. The van der Waals surface area contributed by atoms with Crippen molar-refractivity contribution in [3.05, 3.63) is 28.2 Å². The number of methoxy groups -OCH3 is 1. The normalized spacial score (nSPS) is 11.6.